The van der Waals surface area contributed by atoms with E-state index in [0.29, 0.717) is 11.1 Å². The molecule has 0 saturated carbocycles. The molecule has 0 unspecified atom stereocenters. The van der Waals surface area contributed by atoms with Gasteiger partial charge in [-0.3, -0.25) is 4.68 Å². The first-order chi connectivity index (χ1) is 9.10. The minimum atomic E-state index is 0.0369. The molecule has 6 heteroatoms. The van der Waals surface area contributed by atoms with E-state index in [1.54, 1.807) is 16.9 Å². The second kappa shape index (κ2) is 3.85. The van der Waals surface area contributed by atoms with E-state index in [1.807, 2.05) is 26.2 Å². The topological polar surface area (TPSA) is 79.1 Å². The van der Waals surface area contributed by atoms with E-state index in [0.717, 1.165) is 16.8 Å². The Morgan fingerprint density at radius 2 is 2.16 bits per heavy atom. The van der Waals surface area contributed by atoms with Gasteiger partial charge in [-0.25, -0.2) is 4.52 Å². The van der Waals surface area contributed by atoms with Crippen LogP contribution in [0.2, 0.25) is 0 Å². The minimum absolute atomic E-state index is 0.0369. The number of hydrogen-bond acceptors (Lipinski definition) is 4. The largest absolute Gasteiger partial charge is 0.506 e. The molecule has 0 aliphatic carbocycles. The molecule has 94 valence electrons. The fourth-order valence-electron chi connectivity index (χ4n) is 2.21. The summed E-state index contributed by atoms with van der Waals surface area (Å²) in [5.41, 5.74) is 3.38. The van der Waals surface area contributed by atoms with Crippen LogP contribution in [-0.2, 0) is 7.05 Å². The first-order valence-corrected chi connectivity index (χ1v) is 5.71. The number of aryl methyl sites for hydroxylation is 2. The Labute approximate surface area is 109 Å². The van der Waals surface area contributed by atoms with Crippen LogP contribution in [0.15, 0.2) is 24.7 Å². The summed E-state index contributed by atoms with van der Waals surface area (Å²) < 4.78 is 3.23. The van der Waals surface area contributed by atoms with Crippen LogP contribution in [-0.4, -0.2) is 24.5 Å². The Morgan fingerprint density at radius 3 is 2.79 bits per heavy atom. The van der Waals surface area contributed by atoms with Crippen LogP contribution in [0.5, 0.6) is 5.75 Å². The maximum Gasteiger partial charge on any atom is 0.143 e. The molecule has 0 atom stereocenters. The fourth-order valence-corrected chi connectivity index (χ4v) is 2.21. The van der Waals surface area contributed by atoms with Crippen LogP contribution in [0.4, 0.5) is 0 Å². The predicted octanol–water partition coefficient (Wildman–Crippen LogP) is 1.62. The van der Waals surface area contributed by atoms with E-state index in [9.17, 15) is 5.11 Å². The smallest absolute Gasteiger partial charge is 0.143 e. The monoisotopic (exact) mass is 253 g/mol. The third kappa shape index (κ3) is 1.64. The van der Waals surface area contributed by atoms with Crippen molar-refractivity contribution in [2.75, 3.05) is 0 Å². The standard InChI is InChI=1S/C13H11N5O/c1-8-11(7-17(2)16-8)9-3-12(19)13-10(4-14)5-15-18(13)6-9/h3,5-7,19H,1-2H3. The van der Waals surface area contributed by atoms with Crippen molar-refractivity contribution < 1.29 is 5.11 Å². The van der Waals surface area contributed by atoms with Crippen molar-refractivity contribution in [1.29, 1.82) is 5.26 Å². The summed E-state index contributed by atoms with van der Waals surface area (Å²) >= 11 is 0. The summed E-state index contributed by atoms with van der Waals surface area (Å²) in [6.45, 7) is 1.90. The molecule has 0 aliphatic rings. The van der Waals surface area contributed by atoms with Crippen molar-refractivity contribution in [2.45, 2.75) is 6.92 Å². The van der Waals surface area contributed by atoms with E-state index >= 15 is 0 Å². The van der Waals surface area contributed by atoms with Gasteiger partial charge in [0.2, 0.25) is 0 Å². The number of aromatic nitrogens is 4. The quantitative estimate of drug-likeness (QED) is 0.714. The van der Waals surface area contributed by atoms with Gasteiger partial charge in [-0.15, -0.1) is 0 Å². The molecule has 0 aromatic carbocycles. The van der Waals surface area contributed by atoms with E-state index in [4.69, 9.17) is 5.26 Å². The Bertz CT molecular complexity index is 822. The molecule has 0 bridgehead atoms. The molecule has 0 fully saturated rings. The fraction of sp³-hybridized carbons (Fsp3) is 0.154. The molecular weight excluding hydrogens is 242 g/mol. The number of rotatable bonds is 1. The Morgan fingerprint density at radius 1 is 1.37 bits per heavy atom. The van der Waals surface area contributed by atoms with Gasteiger partial charge in [0.05, 0.1) is 11.9 Å². The lowest BCUT2D eigenvalue weighted by Crippen LogP contribution is -1.90. The van der Waals surface area contributed by atoms with Crippen LogP contribution in [0.1, 0.15) is 11.3 Å². The van der Waals surface area contributed by atoms with Gasteiger partial charge in [-0.05, 0) is 13.0 Å². The molecule has 3 aromatic heterocycles. The van der Waals surface area contributed by atoms with Gasteiger partial charge in [0.25, 0.3) is 0 Å². The summed E-state index contributed by atoms with van der Waals surface area (Å²) in [5, 5.41) is 27.4. The Kier molecular flexibility index (Phi) is 2.29. The number of nitriles is 1. The molecule has 0 radical (unpaired) electrons. The Hall–Kier alpha value is -2.81. The van der Waals surface area contributed by atoms with Gasteiger partial charge in [0.15, 0.2) is 0 Å². The molecular formula is C13H11N5O. The van der Waals surface area contributed by atoms with Crippen molar-refractivity contribution >= 4 is 5.52 Å². The molecule has 1 N–H and O–H groups in total. The summed E-state index contributed by atoms with van der Waals surface area (Å²) in [6, 6.07) is 3.63. The zero-order chi connectivity index (χ0) is 13.6. The van der Waals surface area contributed by atoms with Gasteiger partial charge in [0.1, 0.15) is 22.9 Å². The van der Waals surface area contributed by atoms with Gasteiger partial charge < -0.3 is 5.11 Å². The molecule has 0 spiro atoms. The van der Waals surface area contributed by atoms with E-state index < -0.39 is 0 Å². The second-order valence-corrected chi connectivity index (χ2v) is 4.38. The van der Waals surface area contributed by atoms with E-state index in [-0.39, 0.29) is 5.75 Å². The molecule has 19 heavy (non-hydrogen) atoms. The average molecular weight is 253 g/mol. The van der Waals surface area contributed by atoms with Crippen molar-refractivity contribution in [3.05, 3.63) is 35.9 Å². The third-order valence-corrected chi connectivity index (χ3v) is 3.04. The summed E-state index contributed by atoms with van der Waals surface area (Å²) in [7, 11) is 1.84. The van der Waals surface area contributed by atoms with Crippen LogP contribution in [0.3, 0.4) is 0 Å². The van der Waals surface area contributed by atoms with Crippen LogP contribution >= 0.6 is 0 Å². The second-order valence-electron chi connectivity index (χ2n) is 4.38. The van der Waals surface area contributed by atoms with Gasteiger partial charge in [-0.2, -0.15) is 15.5 Å². The van der Waals surface area contributed by atoms with Gasteiger partial charge >= 0.3 is 0 Å². The lowest BCUT2D eigenvalue weighted by Gasteiger charge is -2.03. The SMILES string of the molecule is Cc1nn(C)cc1-c1cc(O)c2c(C#N)cnn2c1. The lowest BCUT2D eigenvalue weighted by molar-refractivity contribution is 0.478. The molecule has 3 heterocycles. The van der Waals surface area contributed by atoms with Crippen molar-refractivity contribution in [3.63, 3.8) is 0 Å². The van der Waals surface area contributed by atoms with Crippen LogP contribution in [0.25, 0.3) is 16.6 Å². The maximum absolute atomic E-state index is 10.1. The number of hydrogen-bond donors (Lipinski definition) is 1. The molecule has 6 nitrogen and oxygen atoms in total. The zero-order valence-corrected chi connectivity index (χ0v) is 10.5. The highest BCUT2D eigenvalue weighted by atomic mass is 16.3. The highest BCUT2D eigenvalue weighted by molar-refractivity contribution is 5.75. The van der Waals surface area contributed by atoms with E-state index in [1.165, 1.54) is 10.7 Å². The van der Waals surface area contributed by atoms with Gasteiger partial charge in [-0.1, -0.05) is 0 Å². The molecule has 0 aliphatic heterocycles. The summed E-state index contributed by atoms with van der Waals surface area (Å²) in [4.78, 5) is 0. The zero-order valence-electron chi connectivity index (χ0n) is 10.5. The van der Waals surface area contributed by atoms with Crippen molar-refractivity contribution in [2.24, 2.45) is 7.05 Å². The molecule has 0 amide bonds. The van der Waals surface area contributed by atoms with E-state index in [2.05, 4.69) is 10.2 Å². The van der Waals surface area contributed by atoms with Crippen molar-refractivity contribution in [1.82, 2.24) is 19.4 Å². The summed E-state index contributed by atoms with van der Waals surface area (Å²) in [5.74, 6) is 0.0369. The normalized spacial score (nSPS) is 10.8. The van der Waals surface area contributed by atoms with Crippen molar-refractivity contribution in [3.8, 4) is 22.9 Å². The highest BCUT2D eigenvalue weighted by Gasteiger charge is 2.13. The van der Waals surface area contributed by atoms with Crippen LogP contribution in [0, 0.1) is 18.3 Å². The van der Waals surface area contributed by atoms with Gasteiger partial charge in [0, 0.05) is 30.6 Å². The number of pyridine rings is 1. The highest BCUT2D eigenvalue weighted by Crippen LogP contribution is 2.29. The number of nitrogens with zero attached hydrogens (tertiary/aromatic N) is 5. The molecule has 3 aromatic rings. The number of fused-ring (bicyclic) bond motifs is 1. The first-order valence-electron chi connectivity index (χ1n) is 5.71. The minimum Gasteiger partial charge on any atom is -0.506 e. The average Bonchev–Trinajstić information content (AvgIpc) is 2.92. The maximum atomic E-state index is 10.1. The summed E-state index contributed by atoms with van der Waals surface area (Å²) in [6.07, 6.45) is 5.10. The first kappa shape index (κ1) is 11.3. The predicted molar refractivity (Wildman–Crippen MR) is 68.5 cm³/mol. The Balaban J connectivity index is 2.28. The number of aromatic hydroxyl groups is 1. The third-order valence-electron chi connectivity index (χ3n) is 3.04. The lowest BCUT2D eigenvalue weighted by atomic mass is 10.1. The molecule has 3 rings (SSSR count). The molecule has 0 saturated heterocycles. The van der Waals surface area contributed by atoms with Crippen LogP contribution < -0.4 is 0 Å².